The quantitative estimate of drug-likeness (QED) is 0.626. The molecule has 0 aromatic rings. The first-order chi connectivity index (χ1) is 5.07. The maximum absolute atomic E-state index is 10.7. The van der Waals surface area contributed by atoms with Crippen molar-refractivity contribution in [1.82, 2.24) is 0 Å². The van der Waals surface area contributed by atoms with Crippen LogP contribution in [0, 0.1) is 0 Å². The Labute approximate surface area is 65.7 Å². The lowest BCUT2D eigenvalue weighted by molar-refractivity contribution is -0.136. The van der Waals surface area contributed by atoms with Crippen LogP contribution in [0.3, 0.4) is 0 Å². The number of Topliss-reactive ketones (excluding diaryl/α,β-unsaturated/α-hetero) is 1. The van der Waals surface area contributed by atoms with Gasteiger partial charge in [-0.25, -0.2) is 0 Å². The predicted octanol–water partition coefficient (Wildman–Crippen LogP) is 1.39. The van der Waals surface area contributed by atoms with E-state index in [9.17, 15) is 9.59 Å². The molecule has 0 aromatic carbocycles. The molecule has 0 amide bonds. The Morgan fingerprint density at radius 3 is 2.18 bits per heavy atom. The van der Waals surface area contributed by atoms with Gasteiger partial charge in [0.1, 0.15) is 0 Å². The highest BCUT2D eigenvalue weighted by atomic mass is 16.4. The molecular formula is C8H12O3. The van der Waals surface area contributed by atoms with Crippen LogP contribution in [0.4, 0.5) is 0 Å². The lowest BCUT2D eigenvalue weighted by Crippen LogP contribution is -2.01. The lowest BCUT2D eigenvalue weighted by Gasteiger charge is -1.98. The van der Waals surface area contributed by atoms with Crippen molar-refractivity contribution in [3.63, 3.8) is 0 Å². The molecule has 0 fully saturated rings. The van der Waals surface area contributed by atoms with Crippen LogP contribution in [0.15, 0.2) is 11.6 Å². The summed E-state index contributed by atoms with van der Waals surface area (Å²) < 4.78 is 0. The molecule has 0 bridgehead atoms. The molecule has 0 unspecified atom stereocenters. The third-order valence-corrected chi connectivity index (χ3v) is 1.41. The molecular weight excluding hydrogens is 144 g/mol. The van der Waals surface area contributed by atoms with E-state index in [4.69, 9.17) is 5.11 Å². The zero-order chi connectivity index (χ0) is 8.85. The monoisotopic (exact) mass is 156 g/mol. The van der Waals surface area contributed by atoms with E-state index in [1.165, 1.54) is 6.92 Å². The van der Waals surface area contributed by atoms with E-state index in [2.05, 4.69) is 0 Å². The number of carboxylic acids is 1. The highest BCUT2D eigenvalue weighted by Gasteiger charge is 2.04. The summed E-state index contributed by atoms with van der Waals surface area (Å²) >= 11 is 0. The second kappa shape index (κ2) is 4.66. The topological polar surface area (TPSA) is 54.4 Å². The van der Waals surface area contributed by atoms with Gasteiger partial charge in [0.25, 0.3) is 0 Å². The van der Waals surface area contributed by atoms with E-state index in [0.717, 1.165) is 0 Å². The van der Waals surface area contributed by atoms with Gasteiger partial charge in [0, 0.05) is 6.42 Å². The Morgan fingerprint density at radius 1 is 1.36 bits per heavy atom. The molecule has 0 heterocycles. The number of aliphatic carboxylic acids is 1. The van der Waals surface area contributed by atoms with Crippen LogP contribution in [0.1, 0.15) is 26.7 Å². The van der Waals surface area contributed by atoms with Gasteiger partial charge in [0.05, 0.1) is 0 Å². The lowest BCUT2D eigenvalue weighted by atomic mass is 10.1. The largest absolute Gasteiger partial charge is 0.481 e. The van der Waals surface area contributed by atoms with Crippen LogP contribution >= 0.6 is 0 Å². The summed E-state index contributed by atoms with van der Waals surface area (Å²) in [5, 5.41) is 8.30. The van der Waals surface area contributed by atoms with Crippen molar-refractivity contribution in [2.45, 2.75) is 26.7 Å². The highest BCUT2D eigenvalue weighted by Crippen LogP contribution is 2.05. The van der Waals surface area contributed by atoms with Gasteiger partial charge in [-0.15, -0.1) is 0 Å². The van der Waals surface area contributed by atoms with Crippen LogP contribution in [0.5, 0.6) is 0 Å². The van der Waals surface area contributed by atoms with E-state index in [1.54, 1.807) is 13.0 Å². The van der Waals surface area contributed by atoms with Crippen LogP contribution in [0.2, 0.25) is 0 Å². The maximum atomic E-state index is 10.7. The molecule has 11 heavy (non-hydrogen) atoms. The smallest absolute Gasteiger partial charge is 0.303 e. The average Bonchev–Trinajstić information content (AvgIpc) is 1.87. The summed E-state index contributed by atoms with van der Waals surface area (Å²) in [6, 6.07) is 0. The summed E-state index contributed by atoms with van der Waals surface area (Å²) in [7, 11) is 0. The number of ketones is 1. The number of hydrogen-bond donors (Lipinski definition) is 1. The SMILES string of the molecule is C/C=C(/CCC(=O)O)C(C)=O. The minimum absolute atomic E-state index is 0.0270. The van der Waals surface area contributed by atoms with Crippen molar-refractivity contribution >= 4 is 11.8 Å². The highest BCUT2D eigenvalue weighted by molar-refractivity contribution is 5.93. The van der Waals surface area contributed by atoms with Gasteiger partial charge in [0.15, 0.2) is 5.78 Å². The number of carbonyl (C=O) groups excluding carboxylic acids is 1. The molecule has 3 heteroatoms. The maximum Gasteiger partial charge on any atom is 0.303 e. The second-order valence-electron chi connectivity index (χ2n) is 2.26. The first kappa shape index (κ1) is 9.88. The Morgan fingerprint density at radius 2 is 1.91 bits per heavy atom. The van der Waals surface area contributed by atoms with Crippen LogP contribution < -0.4 is 0 Å². The standard InChI is InChI=1S/C8H12O3/c1-3-7(6(2)9)4-5-8(10)11/h3H,4-5H2,1-2H3,(H,10,11)/b7-3-. The van der Waals surface area contributed by atoms with Gasteiger partial charge < -0.3 is 5.11 Å². The van der Waals surface area contributed by atoms with Gasteiger partial charge >= 0.3 is 5.97 Å². The van der Waals surface area contributed by atoms with Crippen molar-refractivity contribution in [3.8, 4) is 0 Å². The third-order valence-electron chi connectivity index (χ3n) is 1.41. The number of rotatable bonds is 4. The molecule has 0 radical (unpaired) electrons. The minimum Gasteiger partial charge on any atom is -0.481 e. The van der Waals surface area contributed by atoms with Gasteiger partial charge in [-0.1, -0.05) is 6.08 Å². The van der Waals surface area contributed by atoms with Crippen LogP contribution in [-0.4, -0.2) is 16.9 Å². The van der Waals surface area contributed by atoms with E-state index in [1.807, 2.05) is 0 Å². The van der Waals surface area contributed by atoms with Crippen LogP contribution in [-0.2, 0) is 9.59 Å². The molecule has 0 aliphatic carbocycles. The van der Waals surface area contributed by atoms with Crippen molar-refractivity contribution < 1.29 is 14.7 Å². The molecule has 3 nitrogen and oxygen atoms in total. The number of carbonyl (C=O) groups is 2. The van der Waals surface area contributed by atoms with Gasteiger partial charge in [-0.05, 0) is 25.8 Å². The Balaban J connectivity index is 3.92. The van der Waals surface area contributed by atoms with Gasteiger partial charge in [0.2, 0.25) is 0 Å². The Kier molecular flexibility index (Phi) is 4.18. The van der Waals surface area contributed by atoms with Crippen molar-refractivity contribution in [2.24, 2.45) is 0 Å². The Bertz CT molecular complexity index is 192. The van der Waals surface area contributed by atoms with Gasteiger partial charge in [-0.3, -0.25) is 9.59 Å². The normalized spacial score (nSPS) is 11.3. The Hall–Kier alpha value is -1.12. The number of allylic oxidation sites excluding steroid dienone is 2. The first-order valence-corrected chi connectivity index (χ1v) is 3.45. The fourth-order valence-corrected chi connectivity index (χ4v) is 0.765. The van der Waals surface area contributed by atoms with Crippen molar-refractivity contribution in [1.29, 1.82) is 0 Å². The van der Waals surface area contributed by atoms with Crippen molar-refractivity contribution in [3.05, 3.63) is 11.6 Å². The molecule has 0 aliphatic rings. The van der Waals surface area contributed by atoms with E-state index < -0.39 is 5.97 Å². The number of hydrogen-bond acceptors (Lipinski definition) is 2. The first-order valence-electron chi connectivity index (χ1n) is 3.45. The summed E-state index contributed by atoms with van der Waals surface area (Å²) in [5.74, 6) is -0.917. The summed E-state index contributed by atoms with van der Waals surface area (Å²) in [5.41, 5.74) is 0.590. The molecule has 0 aliphatic heterocycles. The van der Waals surface area contributed by atoms with Crippen molar-refractivity contribution in [2.75, 3.05) is 0 Å². The summed E-state index contributed by atoms with van der Waals surface area (Å²) in [6.07, 6.45) is 2.02. The fourth-order valence-electron chi connectivity index (χ4n) is 0.765. The minimum atomic E-state index is -0.870. The summed E-state index contributed by atoms with van der Waals surface area (Å²) in [4.78, 5) is 20.8. The number of carboxylic acid groups (broad SMARTS) is 1. The predicted molar refractivity (Wildman–Crippen MR) is 41.3 cm³/mol. The zero-order valence-electron chi connectivity index (χ0n) is 6.76. The molecule has 0 rings (SSSR count). The molecule has 0 spiro atoms. The molecule has 0 atom stereocenters. The zero-order valence-corrected chi connectivity index (χ0v) is 6.76. The van der Waals surface area contributed by atoms with E-state index >= 15 is 0 Å². The fraction of sp³-hybridized carbons (Fsp3) is 0.500. The third kappa shape index (κ3) is 4.31. The summed E-state index contributed by atoms with van der Waals surface area (Å²) in [6.45, 7) is 3.18. The molecule has 62 valence electrons. The van der Waals surface area contributed by atoms with E-state index in [-0.39, 0.29) is 12.2 Å². The second-order valence-corrected chi connectivity index (χ2v) is 2.26. The molecule has 1 N–H and O–H groups in total. The molecule has 0 saturated carbocycles. The molecule has 0 saturated heterocycles. The van der Waals surface area contributed by atoms with Gasteiger partial charge in [-0.2, -0.15) is 0 Å². The average molecular weight is 156 g/mol. The molecule has 0 aromatic heterocycles. The van der Waals surface area contributed by atoms with E-state index in [0.29, 0.717) is 12.0 Å². The van der Waals surface area contributed by atoms with Crippen LogP contribution in [0.25, 0.3) is 0 Å².